The molecule has 2 rings (SSSR count). The number of likely N-dealkylation sites (tertiary alicyclic amines) is 1. The molecule has 21 heavy (non-hydrogen) atoms. The van der Waals surface area contributed by atoms with E-state index in [0.717, 1.165) is 57.0 Å². The number of hydrogen-bond donors (Lipinski definition) is 2. The predicted molar refractivity (Wildman–Crippen MR) is 82.1 cm³/mol. The second-order valence-corrected chi connectivity index (χ2v) is 5.39. The first-order valence-electron chi connectivity index (χ1n) is 7.81. The van der Waals surface area contributed by atoms with Crippen molar-refractivity contribution in [3.05, 3.63) is 18.1 Å². The van der Waals surface area contributed by atoms with E-state index in [-0.39, 0.29) is 6.61 Å². The van der Waals surface area contributed by atoms with E-state index in [4.69, 9.17) is 9.84 Å². The molecule has 0 unspecified atom stereocenters. The number of aliphatic hydroxyl groups excluding tert-OH is 1. The molecule has 0 radical (unpaired) electrons. The van der Waals surface area contributed by atoms with E-state index in [1.807, 2.05) is 12.4 Å². The molecule has 1 aromatic heterocycles. The highest BCUT2D eigenvalue weighted by Gasteiger charge is 2.19. The van der Waals surface area contributed by atoms with E-state index < -0.39 is 0 Å². The van der Waals surface area contributed by atoms with Crippen LogP contribution >= 0.6 is 0 Å². The van der Waals surface area contributed by atoms with Gasteiger partial charge in [-0.25, -0.2) is 4.98 Å². The smallest absolute Gasteiger partial charge is 0.144 e. The lowest BCUT2D eigenvalue weighted by molar-refractivity contribution is -0.00920. The molecule has 2 N–H and O–H groups in total. The number of piperidine rings is 1. The van der Waals surface area contributed by atoms with Gasteiger partial charge >= 0.3 is 0 Å². The minimum Gasteiger partial charge on any atom is -0.394 e. The highest BCUT2D eigenvalue weighted by molar-refractivity contribution is 5.30. The second kappa shape index (κ2) is 8.92. The molecule has 6 heteroatoms. The number of nitrogens with one attached hydrogen (secondary N) is 1. The van der Waals surface area contributed by atoms with Crippen LogP contribution in [0.5, 0.6) is 0 Å². The van der Waals surface area contributed by atoms with Gasteiger partial charge in [0.2, 0.25) is 0 Å². The van der Waals surface area contributed by atoms with Gasteiger partial charge < -0.3 is 15.2 Å². The van der Waals surface area contributed by atoms with E-state index in [1.54, 1.807) is 0 Å². The Hall–Kier alpha value is -1.24. The van der Waals surface area contributed by atoms with E-state index in [2.05, 4.69) is 27.1 Å². The van der Waals surface area contributed by atoms with Crippen LogP contribution in [0.15, 0.2) is 12.4 Å². The topological polar surface area (TPSA) is 70.5 Å². The Morgan fingerprint density at radius 3 is 2.76 bits per heavy atom. The van der Waals surface area contributed by atoms with Crippen LogP contribution < -0.4 is 5.32 Å². The number of hydrogen-bond acceptors (Lipinski definition) is 6. The zero-order valence-electron chi connectivity index (χ0n) is 12.8. The molecule has 1 aliphatic rings. The molecular weight excluding hydrogens is 268 g/mol. The lowest BCUT2D eigenvalue weighted by Gasteiger charge is -2.31. The fourth-order valence-electron chi connectivity index (χ4n) is 2.46. The predicted octanol–water partition coefficient (Wildman–Crippen LogP) is 1.27. The van der Waals surface area contributed by atoms with E-state index >= 15 is 0 Å². The first kappa shape index (κ1) is 16.1. The second-order valence-electron chi connectivity index (χ2n) is 5.39. The molecule has 1 aliphatic heterocycles. The normalized spacial score (nSPS) is 17.0. The molecule has 1 fully saturated rings. The van der Waals surface area contributed by atoms with Crippen LogP contribution in [0.25, 0.3) is 0 Å². The fraction of sp³-hybridized carbons (Fsp3) is 0.733. The number of anilines is 1. The third kappa shape index (κ3) is 5.57. The standard InChI is InChI=1S/C15H26N4O2/c1-2-5-16-15-11-17-13(10-18-15)12-19-6-3-14(4-7-19)21-9-8-20/h10-11,14,20H,2-9,12H2,1H3,(H,16,18). The molecule has 0 spiro atoms. The molecular formula is C15H26N4O2. The molecule has 1 saturated heterocycles. The third-order valence-electron chi connectivity index (χ3n) is 3.63. The Labute approximate surface area is 126 Å². The maximum Gasteiger partial charge on any atom is 0.144 e. The zero-order chi connectivity index (χ0) is 14.9. The van der Waals surface area contributed by atoms with Crippen molar-refractivity contribution in [1.29, 1.82) is 0 Å². The number of aliphatic hydroxyl groups is 1. The number of aromatic nitrogens is 2. The summed E-state index contributed by atoms with van der Waals surface area (Å²) in [5, 5.41) is 12.0. The van der Waals surface area contributed by atoms with Crippen LogP contribution in [0.2, 0.25) is 0 Å². The van der Waals surface area contributed by atoms with Crippen LogP contribution in [0.1, 0.15) is 31.9 Å². The maximum atomic E-state index is 8.76. The fourth-order valence-corrected chi connectivity index (χ4v) is 2.46. The summed E-state index contributed by atoms with van der Waals surface area (Å²) < 4.78 is 5.57. The van der Waals surface area contributed by atoms with E-state index in [9.17, 15) is 0 Å². The van der Waals surface area contributed by atoms with Crippen molar-refractivity contribution >= 4 is 5.82 Å². The first-order valence-corrected chi connectivity index (χ1v) is 7.81. The Balaban J connectivity index is 1.73. The Kier molecular flexibility index (Phi) is 6.85. The lowest BCUT2D eigenvalue weighted by atomic mass is 10.1. The lowest BCUT2D eigenvalue weighted by Crippen LogP contribution is -2.37. The van der Waals surface area contributed by atoms with Crippen molar-refractivity contribution in [2.45, 2.75) is 38.8 Å². The molecule has 0 atom stereocenters. The molecule has 0 aromatic carbocycles. The van der Waals surface area contributed by atoms with Crippen LogP contribution in [0.4, 0.5) is 5.82 Å². The Bertz CT molecular complexity index is 391. The van der Waals surface area contributed by atoms with Gasteiger partial charge in [-0.2, -0.15) is 0 Å². The molecule has 1 aromatic rings. The highest BCUT2D eigenvalue weighted by atomic mass is 16.5. The molecule has 6 nitrogen and oxygen atoms in total. The summed E-state index contributed by atoms with van der Waals surface area (Å²) >= 11 is 0. The summed E-state index contributed by atoms with van der Waals surface area (Å²) in [5.74, 6) is 0.844. The zero-order valence-corrected chi connectivity index (χ0v) is 12.8. The van der Waals surface area contributed by atoms with Gasteiger partial charge in [-0.15, -0.1) is 0 Å². The quantitative estimate of drug-likeness (QED) is 0.752. The number of rotatable bonds is 8. The molecule has 0 saturated carbocycles. The minimum atomic E-state index is 0.105. The van der Waals surface area contributed by atoms with Crippen LogP contribution in [-0.2, 0) is 11.3 Å². The van der Waals surface area contributed by atoms with Crippen molar-refractivity contribution in [2.24, 2.45) is 0 Å². The average molecular weight is 294 g/mol. The van der Waals surface area contributed by atoms with Crippen molar-refractivity contribution in [3.63, 3.8) is 0 Å². The van der Waals surface area contributed by atoms with Gasteiger partial charge in [0.05, 0.1) is 37.4 Å². The van der Waals surface area contributed by atoms with E-state index in [0.29, 0.717) is 12.7 Å². The summed E-state index contributed by atoms with van der Waals surface area (Å²) in [6, 6.07) is 0. The van der Waals surface area contributed by atoms with Gasteiger partial charge in [-0.1, -0.05) is 6.92 Å². The van der Waals surface area contributed by atoms with Crippen LogP contribution in [-0.4, -0.2) is 58.9 Å². The van der Waals surface area contributed by atoms with Crippen molar-refractivity contribution in [3.8, 4) is 0 Å². The summed E-state index contributed by atoms with van der Waals surface area (Å²) in [7, 11) is 0. The molecule has 0 bridgehead atoms. The van der Waals surface area contributed by atoms with Crippen molar-refractivity contribution in [1.82, 2.24) is 14.9 Å². The van der Waals surface area contributed by atoms with Crippen molar-refractivity contribution < 1.29 is 9.84 Å². The maximum absolute atomic E-state index is 8.76. The number of nitrogens with zero attached hydrogens (tertiary/aromatic N) is 3. The van der Waals surface area contributed by atoms with Gasteiger partial charge in [-0.3, -0.25) is 9.88 Å². The SMILES string of the molecule is CCCNc1cnc(CN2CCC(OCCO)CC2)cn1. The summed E-state index contributed by atoms with van der Waals surface area (Å²) in [6.45, 7) is 6.46. The van der Waals surface area contributed by atoms with Gasteiger partial charge in [0.15, 0.2) is 0 Å². The minimum absolute atomic E-state index is 0.105. The average Bonchev–Trinajstić information content (AvgIpc) is 2.53. The Morgan fingerprint density at radius 1 is 1.33 bits per heavy atom. The summed E-state index contributed by atoms with van der Waals surface area (Å²) in [4.78, 5) is 11.2. The molecule has 0 amide bonds. The highest BCUT2D eigenvalue weighted by Crippen LogP contribution is 2.15. The van der Waals surface area contributed by atoms with Gasteiger partial charge in [0.1, 0.15) is 5.82 Å². The molecule has 0 aliphatic carbocycles. The van der Waals surface area contributed by atoms with Crippen molar-refractivity contribution in [2.75, 3.05) is 38.2 Å². The van der Waals surface area contributed by atoms with Crippen LogP contribution in [0.3, 0.4) is 0 Å². The molecule has 2 heterocycles. The summed E-state index contributed by atoms with van der Waals surface area (Å²) in [6.07, 6.45) is 7.07. The Morgan fingerprint density at radius 2 is 2.14 bits per heavy atom. The van der Waals surface area contributed by atoms with Crippen LogP contribution in [0, 0.1) is 0 Å². The van der Waals surface area contributed by atoms with Gasteiger partial charge in [0.25, 0.3) is 0 Å². The van der Waals surface area contributed by atoms with Gasteiger partial charge in [-0.05, 0) is 19.3 Å². The summed E-state index contributed by atoms with van der Waals surface area (Å²) in [5.41, 5.74) is 1.01. The first-order chi connectivity index (χ1) is 10.3. The molecule has 118 valence electrons. The third-order valence-corrected chi connectivity index (χ3v) is 3.63. The largest absolute Gasteiger partial charge is 0.394 e. The van der Waals surface area contributed by atoms with E-state index in [1.165, 1.54) is 0 Å². The monoisotopic (exact) mass is 294 g/mol. The number of ether oxygens (including phenoxy) is 1. The van der Waals surface area contributed by atoms with Gasteiger partial charge in [0, 0.05) is 26.2 Å².